The zero-order valence-electron chi connectivity index (χ0n) is 11.7. The number of carbonyl (C=O) groups excluding carboxylic acids is 1. The standard InChI is InChI=1S/C16H16N4O/c1-11-12(5-4-6-14(11)17)9-18-16(21)13-10-19-20-8-3-2-7-15(13)20/h2-8,10H,9,17H2,1H3,(H,18,21). The summed E-state index contributed by atoms with van der Waals surface area (Å²) in [5, 5.41) is 7.08. The van der Waals surface area contributed by atoms with Crippen LogP contribution in [0.4, 0.5) is 5.69 Å². The van der Waals surface area contributed by atoms with E-state index >= 15 is 0 Å². The van der Waals surface area contributed by atoms with E-state index in [0.717, 1.165) is 22.3 Å². The Morgan fingerprint density at radius 2 is 2.14 bits per heavy atom. The molecular weight excluding hydrogens is 264 g/mol. The summed E-state index contributed by atoms with van der Waals surface area (Å²) < 4.78 is 1.68. The first kappa shape index (κ1) is 13.2. The zero-order chi connectivity index (χ0) is 14.8. The lowest BCUT2D eigenvalue weighted by molar-refractivity contribution is 0.0952. The van der Waals surface area contributed by atoms with E-state index in [9.17, 15) is 4.79 Å². The van der Waals surface area contributed by atoms with Gasteiger partial charge in [-0.25, -0.2) is 4.52 Å². The number of fused-ring (bicyclic) bond motifs is 1. The Morgan fingerprint density at radius 3 is 3.00 bits per heavy atom. The highest BCUT2D eigenvalue weighted by molar-refractivity contribution is 6.00. The molecule has 0 aliphatic heterocycles. The number of anilines is 1. The van der Waals surface area contributed by atoms with Crippen molar-refractivity contribution in [1.29, 1.82) is 0 Å². The lowest BCUT2D eigenvalue weighted by Crippen LogP contribution is -2.23. The molecule has 0 bridgehead atoms. The molecule has 21 heavy (non-hydrogen) atoms. The lowest BCUT2D eigenvalue weighted by atomic mass is 10.1. The van der Waals surface area contributed by atoms with Crippen molar-refractivity contribution >= 4 is 17.1 Å². The van der Waals surface area contributed by atoms with Crippen LogP contribution in [0, 0.1) is 6.92 Å². The van der Waals surface area contributed by atoms with Gasteiger partial charge < -0.3 is 11.1 Å². The monoisotopic (exact) mass is 280 g/mol. The molecule has 0 unspecified atom stereocenters. The van der Waals surface area contributed by atoms with Gasteiger partial charge in [0.15, 0.2) is 0 Å². The van der Waals surface area contributed by atoms with E-state index in [2.05, 4.69) is 10.4 Å². The smallest absolute Gasteiger partial charge is 0.255 e. The molecule has 0 atom stereocenters. The molecular formula is C16H16N4O. The average molecular weight is 280 g/mol. The van der Waals surface area contributed by atoms with Gasteiger partial charge in [0.2, 0.25) is 0 Å². The van der Waals surface area contributed by atoms with Gasteiger partial charge in [0.1, 0.15) is 0 Å². The molecule has 3 rings (SSSR count). The van der Waals surface area contributed by atoms with Gasteiger partial charge in [-0.2, -0.15) is 5.10 Å². The van der Waals surface area contributed by atoms with Crippen LogP contribution in [0.15, 0.2) is 48.8 Å². The first-order valence-corrected chi connectivity index (χ1v) is 6.71. The molecule has 0 aliphatic rings. The van der Waals surface area contributed by atoms with Gasteiger partial charge in [-0.05, 0) is 36.2 Å². The molecule has 1 amide bonds. The predicted octanol–water partition coefficient (Wildman–Crippen LogP) is 2.15. The van der Waals surface area contributed by atoms with E-state index in [-0.39, 0.29) is 5.91 Å². The number of rotatable bonds is 3. The summed E-state index contributed by atoms with van der Waals surface area (Å²) >= 11 is 0. The summed E-state index contributed by atoms with van der Waals surface area (Å²) in [5.41, 5.74) is 9.97. The van der Waals surface area contributed by atoms with Crippen LogP contribution in [0.1, 0.15) is 21.5 Å². The number of nitrogens with two attached hydrogens (primary N) is 1. The SMILES string of the molecule is Cc1c(N)cccc1CNC(=O)c1cnn2ccccc12. The van der Waals surface area contributed by atoms with Gasteiger partial charge in [-0.3, -0.25) is 4.79 Å². The Balaban J connectivity index is 1.79. The third kappa shape index (κ3) is 2.45. The van der Waals surface area contributed by atoms with Crippen LogP contribution in [0.2, 0.25) is 0 Å². The zero-order valence-corrected chi connectivity index (χ0v) is 11.7. The Kier molecular flexibility index (Phi) is 3.31. The van der Waals surface area contributed by atoms with Crippen molar-refractivity contribution in [1.82, 2.24) is 14.9 Å². The van der Waals surface area contributed by atoms with Crippen LogP contribution >= 0.6 is 0 Å². The molecule has 5 nitrogen and oxygen atoms in total. The Hall–Kier alpha value is -2.82. The number of nitrogen functional groups attached to an aromatic ring is 1. The number of carbonyl (C=O) groups is 1. The minimum Gasteiger partial charge on any atom is -0.399 e. The highest BCUT2D eigenvalue weighted by Gasteiger charge is 2.12. The van der Waals surface area contributed by atoms with Gasteiger partial charge in [0, 0.05) is 18.4 Å². The van der Waals surface area contributed by atoms with Crippen molar-refractivity contribution in [2.75, 3.05) is 5.73 Å². The molecule has 2 heterocycles. The molecule has 3 aromatic rings. The molecule has 5 heteroatoms. The number of hydrogen-bond acceptors (Lipinski definition) is 3. The molecule has 2 aromatic heterocycles. The molecule has 0 saturated heterocycles. The number of hydrogen-bond donors (Lipinski definition) is 2. The van der Waals surface area contributed by atoms with Gasteiger partial charge >= 0.3 is 0 Å². The predicted molar refractivity (Wildman–Crippen MR) is 82.0 cm³/mol. The first-order chi connectivity index (χ1) is 10.2. The first-order valence-electron chi connectivity index (χ1n) is 6.71. The van der Waals surface area contributed by atoms with Crippen LogP contribution < -0.4 is 11.1 Å². The van der Waals surface area contributed by atoms with E-state index < -0.39 is 0 Å². The van der Waals surface area contributed by atoms with E-state index in [4.69, 9.17) is 5.73 Å². The molecule has 0 radical (unpaired) electrons. The second-order valence-corrected chi connectivity index (χ2v) is 4.90. The second kappa shape index (κ2) is 5.28. The molecule has 1 aromatic carbocycles. The van der Waals surface area contributed by atoms with E-state index in [0.29, 0.717) is 12.1 Å². The number of benzene rings is 1. The molecule has 0 saturated carbocycles. The normalized spacial score (nSPS) is 10.7. The van der Waals surface area contributed by atoms with Crippen molar-refractivity contribution in [3.63, 3.8) is 0 Å². The largest absolute Gasteiger partial charge is 0.399 e. The van der Waals surface area contributed by atoms with Crippen molar-refractivity contribution in [3.8, 4) is 0 Å². The number of aromatic nitrogens is 2. The highest BCUT2D eigenvalue weighted by atomic mass is 16.1. The summed E-state index contributed by atoms with van der Waals surface area (Å²) in [6.45, 7) is 2.39. The van der Waals surface area contributed by atoms with Crippen molar-refractivity contribution in [3.05, 3.63) is 65.5 Å². The molecule has 0 aliphatic carbocycles. The van der Waals surface area contributed by atoms with E-state index in [1.54, 1.807) is 10.7 Å². The fourth-order valence-corrected chi connectivity index (χ4v) is 2.28. The lowest BCUT2D eigenvalue weighted by Gasteiger charge is -2.09. The van der Waals surface area contributed by atoms with Gasteiger partial charge in [-0.1, -0.05) is 18.2 Å². The summed E-state index contributed by atoms with van der Waals surface area (Å²) in [6, 6.07) is 11.3. The number of nitrogens with one attached hydrogen (secondary N) is 1. The molecule has 106 valence electrons. The second-order valence-electron chi connectivity index (χ2n) is 4.90. The van der Waals surface area contributed by atoms with Gasteiger partial charge in [0.25, 0.3) is 5.91 Å². The van der Waals surface area contributed by atoms with Crippen LogP contribution in [-0.4, -0.2) is 15.5 Å². The van der Waals surface area contributed by atoms with E-state index in [1.807, 2.05) is 49.5 Å². The fourth-order valence-electron chi connectivity index (χ4n) is 2.28. The van der Waals surface area contributed by atoms with Gasteiger partial charge in [0.05, 0.1) is 17.3 Å². The maximum atomic E-state index is 12.3. The summed E-state index contributed by atoms with van der Waals surface area (Å²) in [6.07, 6.45) is 3.39. The fraction of sp³-hybridized carbons (Fsp3) is 0.125. The highest BCUT2D eigenvalue weighted by Crippen LogP contribution is 2.16. The van der Waals surface area contributed by atoms with Crippen molar-refractivity contribution in [2.24, 2.45) is 0 Å². The number of pyridine rings is 1. The molecule has 3 N–H and O–H groups in total. The molecule has 0 fully saturated rings. The third-order valence-corrected chi connectivity index (χ3v) is 3.60. The van der Waals surface area contributed by atoms with Crippen LogP contribution in [-0.2, 0) is 6.54 Å². The molecule has 0 spiro atoms. The van der Waals surface area contributed by atoms with Crippen LogP contribution in [0.3, 0.4) is 0 Å². The summed E-state index contributed by atoms with van der Waals surface area (Å²) in [4.78, 5) is 12.3. The third-order valence-electron chi connectivity index (χ3n) is 3.60. The Morgan fingerprint density at radius 1 is 1.29 bits per heavy atom. The van der Waals surface area contributed by atoms with Gasteiger partial charge in [-0.15, -0.1) is 0 Å². The topological polar surface area (TPSA) is 72.4 Å². The van der Waals surface area contributed by atoms with Crippen molar-refractivity contribution < 1.29 is 4.79 Å². The summed E-state index contributed by atoms with van der Waals surface area (Å²) in [7, 11) is 0. The average Bonchev–Trinajstić information content (AvgIpc) is 2.92. The van der Waals surface area contributed by atoms with E-state index in [1.165, 1.54) is 0 Å². The van der Waals surface area contributed by atoms with Crippen LogP contribution in [0.25, 0.3) is 5.52 Å². The Labute approximate surface area is 122 Å². The summed E-state index contributed by atoms with van der Waals surface area (Å²) in [5.74, 6) is -0.141. The maximum Gasteiger partial charge on any atom is 0.255 e. The quantitative estimate of drug-likeness (QED) is 0.722. The number of amides is 1. The van der Waals surface area contributed by atoms with Crippen molar-refractivity contribution in [2.45, 2.75) is 13.5 Å². The maximum absolute atomic E-state index is 12.3. The van der Waals surface area contributed by atoms with Crippen LogP contribution in [0.5, 0.6) is 0 Å². The Bertz CT molecular complexity index is 807. The minimum absolute atomic E-state index is 0.141. The minimum atomic E-state index is -0.141. The number of nitrogens with zero attached hydrogens (tertiary/aromatic N) is 2.